The van der Waals surface area contributed by atoms with Gasteiger partial charge in [0.25, 0.3) is 0 Å². The smallest absolute Gasteiger partial charge is 0.244 e. The lowest BCUT2D eigenvalue weighted by molar-refractivity contribution is -0.123. The fourth-order valence-electron chi connectivity index (χ4n) is 1.09. The number of nitrogens with one attached hydrogen (secondary N) is 1. The Labute approximate surface area is 82.5 Å². The molecule has 1 heterocycles. The van der Waals surface area contributed by atoms with Crippen molar-refractivity contribution in [2.45, 2.75) is 19.4 Å². The minimum Gasteiger partial charge on any atom is -0.357 e. The second-order valence-corrected chi connectivity index (χ2v) is 3.02. The quantitative estimate of drug-likeness (QED) is 0.654. The zero-order valence-corrected chi connectivity index (χ0v) is 8.40. The molecule has 1 aromatic heterocycles. The lowest BCUT2D eigenvalue weighted by Gasteiger charge is -2.08. The van der Waals surface area contributed by atoms with Gasteiger partial charge >= 0.3 is 0 Å². The van der Waals surface area contributed by atoms with Crippen molar-refractivity contribution in [3.63, 3.8) is 0 Å². The average Bonchev–Trinajstić information content (AvgIpc) is 2.64. The standard InChI is InChI=1S/C8H15N5O/c1-6(8(14)10-2)13-5-7(3-4-9)11-12-13/h5-6H,3-4,9H2,1-2H3,(H,10,14). The van der Waals surface area contributed by atoms with Crippen LogP contribution in [-0.4, -0.2) is 34.5 Å². The maximum Gasteiger partial charge on any atom is 0.244 e. The molecular formula is C8H15N5O. The van der Waals surface area contributed by atoms with Gasteiger partial charge in [0, 0.05) is 19.7 Å². The third-order valence-corrected chi connectivity index (χ3v) is 1.98. The zero-order valence-electron chi connectivity index (χ0n) is 8.40. The van der Waals surface area contributed by atoms with Crippen molar-refractivity contribution in [2.75, 3.05) is 13.6 Å². The highest BCUT2D eigenvalue weighted by Crippen LogP contribution is 2.04. The minimum atomic E-state index is -0.334. The summed E-state index contributed by atoms with van der Waals surface area (Å²) in [4.78, 5) is 11.3. The summed E-state index contributed by atoms with van der Waals surface area (Å²) in [6, 6.07) is -0.334. The van der Waals surface area contributed by atoms with Crippen LogP contribution in [0, 0.1) is 0 Å². The summed E-state index contributed by atoms with van der Waals surface area (Å²) in [5.74, 6) is -0.0887. The van der Waals surface area contributed by atoms with E-state index in [0.717, 1.165) is 5.69 Å². The molecule has 1 unspecified atom stereocenters. The normalized spacial score (nSPS) is 12.5. The van der Waals surface area contributed by atoms with Crippen LogP contribution in [0.1, 0.15) is 18.7 Å². The lowest BCUT2D eigenvalue weighted by atomic mass is 10.3. The molecule has 0 fully saturated rings. The molecule has 0 saturated heterocycles. The van der Waals surface area contributed by atoms with Gasteiger partial charge in [0.15, 0.2) is 0 Å². The van der Waals surface area contributed by atoms with Crippen LogP contribution in [0.3, 0.4) is 0 Å². The van der Waals surface area contributed by atoms with Crippen LogP contribution < -0.4 is 11.1 Å². The van der Waals surface area contributed by atoms with Crippen LogP contribution in [0.25, 0.3) is 0 Å². The molecular weight excluding hydrogens is 182 g/mol. The summed E-state index contributed by atoms with van der Waals surface area (Å²) < 4.78 is 1.53. The Bertz CT molecular complexity index is 308. The largest absolute Gasteiger partial charge is 0.357 e. The van der Waals surface area contributed by atoms with Gasteiger partial charge in [-0.3, -0.25) is 4.79 Å². The number of nitrogens with two attached hydrogens (primary N) is 1. The number of carbonyl (C=O) groups is 1. The van der Waals surface area contributed by atoms with Gasteiger partial charge in [0.1, 0.15) is 6.04 Å². The van der Waals surface area contributed by atoms with Crippen molar-refractivity contribution in [3.05, 3.63) is 11.9 Å². The number of carbonyl (C=O) groups excluding carboxylic acids is 1. The topological polar surface area (TPSA) is 85.8 Å². The SMILES string of the molecule is CNC(=O)C(C)n1cc(CCN)nn1. The number of amides is 1. The average molecular weight is 197 g/mol. The van der Waals surface area contributed by atoms with E-state index in [1.165, 1.54) is 4.68 Å². The Kier molecular flexibility index (Phi) is 3.58. The maximum atomic E-state index is 11.3. The summed E-state index contributed by atoms with van der Waals surface area (Å²) in [6.07, 6.45) is 2.42. The first-order valence-electron chi connectivity index (χ1n) is 4.51. The first-order valence-corrected chi connectivity index (χ1v) is 4.51. The van der Waals surface area contributed by atoms with Crippen LogP contribution >= 0.6 is 0 Å². The van der Waals surface area contributed by atoms with Crippen molar-refractivity contribution >= 4 is 5.91 Å². The molecule has 0 aliphatic heterocycles. The molecule has 1 aromatic rings. The number of rotatable bonds is 4. The monoisotopic (exact) mass is 197 g/mol. The second kappa shape index (κ2) is 4.71. The maximum absolute atomic E-state index is 11.3. The highest BCUT2D eigenvalue weighted by atomic mass is 16.2. The molecule has 0 aliphatic carbocycles. The van der Waals surface area contributed by atoms with Gasteiger partial charge in [-0.1, -0.05) is 5.21 Å². The van der Waals surface area contributed by atoms with Gasteiger partial charge in [0.05, 0.1) is 5.69 Å². The van der Waals surface area contributed by atoms with Gasteiger partial charge < -0.3 is 11.1 Å². The summed E-state index contributed by atoms with van der Waals surface area (Å²) in [5.41, 5.74) is 6.18. The van der Waals surface area contributed by atoms with E-state index < -0.39 is 0 Å². The van der Waals surface area contributed by atoms with Crippen molar-refractivity contribution < 1.29 is 4.79 Å². The zero-order chi connectivity index (χ0) is 10.6. The van der Waals surface area contributed by atoms with Gasteiger partial charge in [-0.05, 0) is 13.5 Å². The molecule has 1 atom stereocenters. The number of nitrogens with zero attached hydrogens (tertiary/aromatic N) is 3. The summed E-state index contributed by atoms with van der Waals surface area (Å²) in [6.45, 7) is 2.30. The predicted molar refractivity (Wildman–Crippen MR) is 51.6 cm³/mol. The molecule has 14 heavy (non-hydrogen) atoms. The van der Waals surface area contributed by atoms with Crippen LogP contribution in [0.4, 0.5) is 0 Å². The van der Waals surface area contributed by atoms with E-state index in [4.69, 9.17) is 5.73 Å². The second-order valence-electron chi connectivity index (χ2n) is 3.02. The first-order chi connectivity index (χ1) is 6.69. The predicted octanol–water partition coefficient (Wildman–Crippen LogP) is -0.914. The summed E-state index contributed by atoms with van der Waals surface area (Å²) >= 11 is 0. The molecule has 1 rings (SSSR count). The van der Waals surface area contributed by atoms with Crippen molar-refractivity contribution in [1.82, 2.24) is 20.3 Å². The van der Waals surface area contributed by atoms with Crippen LogP contribution in [0.15, 0.2) is 6.20 Å². The molecule has 6 nitrogen and oxygen atoms in total. The lowest BCUT2D eigenvalue weighted by Crippen LogP contribution is -2.28. The Hall–Kier alpha value is -1.43. The van der Waals surface area contributed by atoms with E-state index in [2.05, 4.69) is 15.6 Å². The van der Waals surface area contributed by atoms with Crippen molar-refractivity contribution in [1.29, 1.82) is 0 Å². The minimum absolute atomic E-state index is 0.0887. The molecule has 0 spiro atoms. The van der Waals surface area contributed by atoms with Gasteiger partial charge in [-0.25, -0.2) is 4.68 Å². The molecule has 78 valence electrons. The van der Waals surface area contributed by atoms with Crippen LogP contribution in [-0.2, 0) is 11.2 Å². The fourth-order valence-corrected chi connectivity index (χ4v) is 1.09. The van der Waals surface area contributed by atoms with Gasteiger partial charge in [-0.15, -0.1) is 5.10 Å². The van der Waals surface area contributed by atoms with Gasteiger partial charge in [0.2, 0.25) is 5.91 Å². The van der Waals surface area contributed by atoms with Crippen LogP contribution in [0.5, 0.6) is 0 Å². The van der Waals surface area contributed by atoms with E-state index in [1.807, 2.05) is 0 Å². The van der Waals surface area contributed by atoms with Crippen molar-refractivity contribution in [2.24, 2.45) is 5.73 Å². The van der Waals surface area contributed by atoms with E-state index in [-0.39, 0.29) is 11.9 Å². The molecule has 3 N–H and O–H groups in total. The number of hydrogen-bond donors (Lipinski definition) is 2. The molecule has 0 saturated carbocycles. The summed E-state index contributed by atoms with van der Waals surface area (Å²) in [5, 5.41) is 10.3. The van der Waals surface area contributed by atoms with Crippen molar-refractivity contribution in [3.8, 4) is 0 Å². The van der Waals surface area contributed by atoms with E-state index in [9.17, 15) is 4.79 Å². The van der Waals surface area contributed by atoms with E-state index >= 15 is 0 Å². The Morgan fingerprint density at radius 1 is 1.79 bits per heavy atom. The highest BCUT2D eigenvalue weighted by molar-refractivity contribution is 5.79. The summed E-state index contributed by atoms with van der Waals surface area (Å²) in [7, 11) is 1.59. The highest BCUT2D eigenvalue weighted by Gasteiger charge is 2.14. The third kappa shape index (κ3) is 2.29. The number of aromatic nitrogens is 3. The van der Waals surface area contributed by atoms with Crippen LogP contribution in [0.2, 0.25) is 0 Å². The fraction of sp³-hybridized carbons (Fsp3) is 0.625. The third-order valence-electron chi connectivity index (χ3n) is 1.98. The molecule has 0 bridgehead atoms. The Morgan fingerprint density at radius 2 is 2.50 bits per heavy atom. The number of hydrogen-bond acceptors (Lipinski definition) is 4. The molecule has 1 amide bonds. The molecule has 0 radical (unpaired) electrons. The number of likely N-dealkylation sites (N-methyl/N-ethyl adjacent to an activating group) is 1. The molecule has 0 aliphatic rings. The Morgan fingerprint density at radius 3 is 3.07 bits per heavy atom. The Balaban J connectivity index is 2.70. The van der Waals surface area contributed by atoms with E-state index in [1.54, 1.807) is 20.2 Å². The van der Waals surface area contributed by atoms with E-state index in [0.29, 0.717) is 13.0 Å². The first kappa shape index (κ1) is 10.6. The molecule has 0 aromatic carbocycles. The molecule has 6 heteroatoms. The van der Waals surface area contributed by atoms with Gasteiger partial charge in [-0.2, -0.15) is 0 Å².